The average molecular weight is 924 g/mol. The summed E-state index contributed by atoms with van der Waals surface area (Å²) in [5, 5.41) is 28.9. The van der Waals surface area contributed by atoms with Gasteiger partial charge in [0.1, 0.15) is 29.6 Å². The van der Waals surface area contributed by atoms with Gasteiger partial charge in [-0.25, -0.2) is 14.4 Å². The molecule has 16 heteroatoms. The lowest BCUT2D eigenvalue weighted by atomic mass is 9.41. The lowest BCUT2D eigenvalue weighted by Crippen LogP contribution is -2.78. The molecule has 7 rings (SSSR count). The first-order valence-electron chi connectivity index (χ1n) is 22.4. The molecule has 16 nitrogen and oxygen atoms in total. The second-order valence-corrected chi connectivity index (χ2v) is 18.7. The van der Waals surface area contributed by atoms with Crippen molar-refractivity contribution in [3.05, 3.63) is 119 Å². The number of Topliss-reactive ketones (excluding diaryl/α,β-unsaturated/α-hetero) is 2. The number of ketones is 2. The van der Waals surface area contributed by atoms with E-state index in [1.807, 2.05) is 0 Å². The van der Waals surface area contributed by atoms with Crippen LogP contribution >= 0.6 is 0 Å². The summed E-state index contributed by atoms with van der Waals surface area (Å²) in [5.41, 5.74) is -6.51. The number of aliphatic hydroxyl groups is 2. The number of benzene rings is 3. The Kier molecular flexibility index (Phi) is 13.7. The van der Waals surface area contributed by atoms with Crippen LogP contribution in [0.2, 0.25) is 0 Å². The lowest BCUT2D eigenvalue weighted by Gasteiger charge is -2.68. The van der Waals surface area contributed by atoms with Gasteiger partial charge < -0.3 is 48.7 Å². The Balaban J connectivity index is 1.42. The molecular weight excluding hydrogens is 867 g/mol. The predicted octanol–water partition coefficient (Wildman–Crippen LogP) is 5.58. The number of amides is 1. The van der Waals surface area contributed by atoms with Gasteiger partial charge in [0.25, 0.3) is 5.91 Å². The highest BCUT2D eigenvalue weighted by Gasteiger charge is 2.77. The minimum atomic E-state index is -2.37. The maximum Gasteiger partial charge on any atom is 0.509 e. The van der Waals surface area contributed by atoms with Gasteiger partial charge in [-0.15, -0.1) is 0 Å². The van der Waals surface area contributed by atoms with Gasteiger partial charge in [0.2, 0.25) is 6.10 Å². The molecule has 0 radical (unpaired) electrons. The number of aliphatic hydroxyl groups excluding tert-OH is 1. The average Bonchev–Trinajstić information content (AvgIpc) is 3.29. The third-order valence-electron chi connectivity index (χ3n) is 14.4. The van der Waals surface area contributed by atoms with Gasteiger partial charge in [0, 0.05) is 48.5 Å². The van der Waals surface area contributed by atoms with Crippen LogP contribution in [0.4, 0.5) is 4.79 Å². The summed E-state index contributed by atoms with van der Waals surface area (Å²) < 4.78 is 35.6. The molecule has 1 amide bonds. The largest absolute Gasteiger partial charge is 0.509 e. The summed E-state index contributed by atoms with van der Waals surface area (Å²) in [6, 6.07) is 22.9. The number of carbonyl (C=O) groups excluding carboxylic acids is 7. The van der Waals surface area contributed by atoms with Crippen LogP contribution in [-0.2, 0) is 47.6 Å². The summed E-state index contributed by atoms with van der Waals surface area (Å²) in [5.74, 6) is -6.12. The Hall–Kier alpha value is -6.23. The monoisotopic (exact) mass is 923 g/mol. The van der Waals surface area contributed by atoms with Crippen molar-refractivity contribution >= 4 is 41.5 Å². The van der Waals surface area contributed by atoms with Crippen LogP contribution in [0.5, 0.6) is 0 Å². The van der Waals surface area contributed by atoms with Crippen molar-refractivity contribution < 1.29 is 72.2 Å². The van der Waals surface area contributed by atoms with Gasteiger partial charge in [0.05, 0.1) is 36.4 Å². The van der Waals surface area contributed by atoms with Gasteiger partial charge in [0.15, 0.2) is 11.9 Å². The molecule has 0 unspecified atom stereocenters. The summed E-state index contributed by atoms with van der Waals surface area (Å²) in [6.45, 7) is 9.91. The van der Waals surface area contributed by atoms with Crippen molar-refractivity contribution in [3.8, 4) is 0 Å². The van der Waals surface area contributed by atoms with E-state index in [1.54, 1.807) is 92.7 Å². The first-order chi connectivity index (χ1) is 31.7. The first-order valence-corrected chi connectivity index (χ1v) is 22.4. The highest BCUT2D eigenvalue weighted by atomic mass is 16.7. The van der Waals surface area contributed by atoms with Crippen LogP contribution in [0, 0.1) is 22.2 Å². The van der Waals surface area contributed by atoms with E-state index in [-0.39, 0.29) is 54.1 Å². The Morgan fingerprint density at radius 1 is 0.851 bits per heavy atom. The van der Waals surface area contributed by atoms with Gasteiger partial charge >= 0.3 is 24.1 Å². The molecule has 3 aromatic rings. The van der Waals surface area contributed by atoms with Crippen LogP contribution in [0.1, 0.15) is 100 Å². The SMILES string of the molecule is CCOC(=O)O[C@@H](C(=O)O[C@H]1C[C@@]2(O)[C@@H](OC(=O)c3ccccc3)[C@@H]3[C@]4(CC(C)=O)CO[C@@H]4C[C@H](O)[C@@]3(C)C(=O)[C@H](OC(C)=O)C(=C1C)C2(C)C)[C@@H](NC(=O)c1ccccc1)c1ccccc1. The van der Waals surface area contributed by atoms with Crippen molar-refractivity contribution in [2.24, 2.45) is 22.2 Å². The van der Waals surface area contributed by atoms with E-state index in [0.717, 1.165) is 6.92 Å². The van der Waals surface area contributed by atoms with Crippen molar-refractivity contribution in [1.29, 1.82) is 0 Å². The van der Waals surface area contributed by atoms with Crippen molar-refractivity contribution in [2.75, 3.05) is 13.2 Å². The molecular formula is C51H57NO15. The van der Waals surface area contributed by atoms with E-state index in [2.05, 4.69) is 5.32 Å². The summed E-state index contributed by atoms with van der Waals surface area (Å²) in [7, 11) is 0. The van der Waals surface area contributed by atoms with Gasteiger partial charge in [-0.3, -0.25) is 14.4 Å². The van der Waals surface area contributed by atoms with Crippen molar-refractivity contribution in [3.63, 3.8) is 0 Å². The van der Waals surface area contributed by atoms with E-state index in [9.17, 15) is 39.0 Å². The third-order valence-corrected chi connectivity index (χ3v) is 14.4. The molecule has 0 aromatic heterocycles. The molecule has 1 heterocycles. The maximum atomic E-state index is 15.7. The molecule has 67 heavy (non-hydrogen) atoms. The predicted molar refractivity (Wildman–Crippen MR) is 237 cm³/mol. The Bertz CT molecular complexity index is 2440. The highest BCUT2D eigenvalue weighted by Crippen LogP contribution is 2.67. The molecule has 11 atom stereocenters. The fourth-order valence-electron chi connectivity index (χ4n) is 11.1. The fourth-order valence-corrected chi connectivity index (χ4v) is 11.1. The van der Waals surface area contributed by atoms with Crippen LogP contribution < -0.4 is 5.32 Å². The minimum absolute atomic E-state index is 0.000614. The molecule has 1 aliphatic heterocycles. The standard InChI is InChI=1S/C51H57NO15/c1-8-62-47(60)66-40(38(31-18-12-9-13-19-31)52-44(57)32-20-14-10-15-21-32)46(59)65-34-26-51(61)43(67-45(58)33-22-16-11-17-23-33)41-49(7,35(55)24-36-50(41,27-63-36)25-28(2)53)42(56)39(64-30(4)54)37(29(34)3)48(51,5)6/h9-23,34-36,38-41,43,55,61H,8,24-27H2,1-7H3,(H,52,57)/t34-,35-,36+,38-,39+,40+,41-,43-,49+,50+,51+/m0/s1. The molecule has 2 saturated carbocycles. The van der Waals surface area contributed by atoms with Gasteiger partial charge in [-0.2, -0.15) is 0 Å². The number of hydrogen-bond acceptors (Lipinski definition) is 15. The molecule has 3 aliphatic carbocycles. The van der Waals surface area contributed by atoms with E-state index in [1.165, 1.54) is 39.8 Å². The van der Waals surface area contributed by atoms with E-state index in [4.69, 9.17) is 28.4 Å². The minimum Gasteiger partial charge on any atom is -0.455 e. The normalized spacial score (nSPS) is 30.3. The number of nitrogens with one attached hydrogen (secondary N) is 1. The lowest BCUT2D eigenvalue weighted by molar-refractivity contribution is -0.319. The second-order valence-electron chi connectivity index (χ2n) is 18.7. The van der Waals surface area contributed by atoms with Crippen molar-refractivity contribution in [1.82, 2.24) is 5.32 Å². The summed E-state index contributed by atoms with van der Waals surface area (Å²) in [4.78, 5) is 98.5. The first kappa shape index (κ1) is 48.7. The Morgan fingerprint density at radius 2 is 1.45 bits per heavy atom. The molecule has 4 aliphatic rings. The number of esters is 3. The van der Waals surface area contributed by atoms with Crippen LogP contribution in [0.15, 0.2) is 102 Å². The van der Waals surface area contributed by atoms with E-state index < -0.39 is 113 Å². The van der Waals surface area contributed by atoms with E-state index in [0.29, 0.717) is 5.56 Å². The number of ether oxygens (including phenoxy) is 6. The smallest absolute Gasteiger partial charge is 0.455 e. The van der Waals surface area contributed by atoms with Crippen LogP contribution in [0.25, 0.3) is 0 Å². The van der Waals surface area contributed by atoms with E-state index >= 15 is 4.79 Å². The zero-order valence-electron chi connectivity index (χ0n) is 38.5. The summed E-state index contributed by atoms with van der Waals surface area (Å²) in [6.07, 6.45) is -11.5. The molecule has 3 fully saturated rings. The molecule has 356 valence electrons. The quantitative estimate of drug-likeness (QED) is 0.108. The zero-order chi connectivity index (χ0) is 48.6. The van der Waals surface area contributed by atoms with Crippen LogP contribution in [0.3, 0.4) is 0 Å². The number of fused-ring (bicyclic) bond motifs is 5. The molecule has 0 spiro atoms. The van der Waals surface area contributed by atoms with Gasteiger partial charge in [-0.1, -0.05) is 80.6 Å². The van der Waals surface area contributed by atoms with Crippen LogP contribution in [-0.4, -0.2) is 107 Å². The topological polar surface area (TPSA) is 227 Å². The molecule has 2 bridgehead atoms. The number of hydrogen-bond donors (Lipinski definition) is 3. The van der Waals surface area contributed by atoms with Gasteiger partial charge in [-0.05, 0) is 68.7 Å². The third kappa shape index (κ3) is 8.66. The maximum absolute atomic E-state index is 15.7. The second kappa shape index (κ2) is 18.8. The zero-order valence-corrected chi connectivity index (χ0v) is 38.5. The summed E-state index contributed by atoms with van der Waals surface area (Å²) >= 11 is 0. The number of carbonyl (C=O) groups is 7. The van der Waals surface area contributed by atoms with Crippen molar-refractivity contribution in [2.45, 2.75) is 116 Å². The Labute approximate surface area is 388 Å². The molecule has 3 N–H and O–H groups in total. The fraction of sp³-hybridized carbons (Fsp3) is 0.471. The highest BCUT2D eigenvalue weighted by molar-refractivity contribution is 5.96. The Morgan fingerprint density at radius 3 is 2.00 bits per heavy atom. The number of rotatable bonds is 13. The molecule has 1 saturated heterocycles. The molecule has 3 aromatic carbocycles.